The number of fused-ring (bicyclic) bond motifs is 1. The molecule has 0 saturated carbocycles. The van der Waals surface area contributed by atoms with Gasteiger partial charge in [-0.15, -0.1) is 0 Å². The summed E-state index contributed by atoms with van der Waals surface area (Å²) in [5, 5.41) is 21.8. The molecule has 3 heterocycles. The molecule has 1 saturated heterocycles. The molecular weight excluding hydrogens is 615 g/mol. The Morgan fingerprint density at radius 1 is 1.07 bits per heavy atom. The van der Waals surface area contributed by atoms with Gasteiger partial charge in [0, 0.05) is 11.8 Å². The van der Waals surface area contributed by atoms with Gasteiger partial charge in [-0.2, -0.15) is 4.98 Å². The zero-order valence-electron chi connectivity index (χ0n) is 22.5. The van der Waals surface area contributed by atoms with E-state index in [9.17, 15) is 23.8 Å². The highest BCUT2D eigenvalue weighted by Gasteiger charge is 2.61. The number of imidazole rings is 1. The number of nitrogens with two attached hydrogens (primary N) is 1. The van der Waals surface area contributed by atoms with Gasteiger partial charge in [0.15, 0.2) is 23.0 Å². The number of halogens is 2. The second-order valence-electron chi connectivity index (χ2n) is 9.23. The van der Waals surface area contributed by atoms with Gasteiger partial charge < -0.3 is 39.2 Å². The van der Waals surface area contributed by atoms with Crippen LogP contribution in [0, 0.1) is 0 Å². The molecule has 5 rings (SSSR count). The van der Waals surface area contributed by atoms with Crippen LogP contribution in [0.25, 0.3) is 11.2 Å². The molecule has 5 N–H and O–H groups in total. The van der Waals surface area contributed by atoms with Crippen molar-refractivity contribution < 1.29 is 46.8 Å². The molecule has 2 aromatic carbocycles. The normalized spacial score (nSPS) is 22.2. The lowest BCUT2D eigenvalue weighted by Gasteiger charge is -2.33. The van der Waals surface area contributed by atoms with Crippen LogP contribution < -0.4 is 29.8 Å². The molecule has 2 unspecified atom stereocenters. The third kappa shape index (κ3) is 6.00. The number of nitrogen functional groups attached to an aromatic ring is 1. The van der Waals surface area contributed by atoms with Crippen molar-refractivity contribution in [3.8, 4) is 23.0 Å². The molecule has 14 nitrogen and oxygen atoms in total. The second-order valence-corrected chi connectivity index (χ2v) is 12.1. The van der Waals surface area contributed by atoms with Crippen LogP contribution in [-0.4, -0.2) is 74.8 Å². The summed E-state index contributed by atoms with van der Waals surface area (Å²) in [5.41, 5.74) is 1.73. The van der Waals surface area contributed by atoms with E-state index in [1.54, 1.807) is 24.3 Å². The minimum atomic E-state index is -3.97. The van der Waals surface area contributed by atoms with Gasteiger partial charge >= 0.3 is 6.72 Å². The van der Waals surface area contributed by atoms with Crippen molar-refractivity contribution in [3.63, 3.8) is 0 Å². The van der Waals surface area contributed by atoms with Crippen LogP contribution in [0.5, 0.6) is 23.0 Å². The molecule has 2 aromatic heterocycles. The first kappa shape index (κ1) is 30.6. The molecule has 0 aliphatic carbocycles. The van der Waals surface area contributed by atoms with Crippen LogP contribution in [0.1, 0.15) is 6.23 Å². The molecule has 43 heavy (non-hydrogen) atoms. The van der Waals surface area contributed by atoms with E-state index < -0.39 is 49.3 Å². The Hall–Kier alpha value is -3.86. The van der Waals surface area contributed by atoms with Crippen molar-refractivity contribution in [2.75, 3.05) is 26.6 Å². The number of hydrogen-bond donors (Lipinski definition) is 4. The van der Waals surface area contributed by atoms with E-state index in [4.69, 9.17) is 45.3 Å². The molecule has 4 atom stereocenters. The zero-order valence-corrected chi connectivity index (χ0v) is 24.2. The van der Waals surface area contributed by atoms with E-state index in [1.165, 1.54) is 38.5 Å². The number of aromatic amines is 1. The van der Waals surface area contributed by atoms with E-state index in [-0.39, 0.29) is 28.6 Å². The molecule has 0 spiro atoms. The molecule has 18 heteroatoms. The first-order valence-corrected chi connectivity index (χ1v) is 15.0. The number of aliphatic hydroxyl groups excluding tert-OH is 2. The summed E-state index contributed by atoms with van der Waals surface area (Å²) in [7, 11) is 2.95. The van der Waals surface area contributed by atoms with E-state index in [1.807, 2.05) is 0 Å². The predicted molar refractivity (Wildman–Crippen MR) is 151 cm³/mol. The average molecular weight is 642 g/mol. The third-order valence-electron chi connectivity index (χ3n) is 6.55. The Morgan fingerprint density at radius 3 is 2.12 bits per heavy atom. The number of nitrogens with one attached hydrogen (secondary N) is 1. The fourth-order valence-electron chi connectivity index (χ4n) is 4.31. The van der Waals surface area contributed by atoms with Crippen molar-refractivity contribution in [2.45, 2.75) is 30.5 Å². The Bertz CT molecular complexity index is 1640. The van der Waals surface area contributed by atoms with Gasteiger partial charge in [-0.1, -0.05) is 0 Å². The van der Waals surface area contributed by atoms with E-state index in [0.717, 1.165) is 10.9 Å². The SMILES string of the molecule is COc1ccc(OP(=S)(OC[C@@]2(C(F)F)O[C@@H](n3cnc4c(=O)[nH]c(N)nc43)C(O)C2O)Oc2ccc(OC)cc2)cc1. The number of H-pyrrole nitrogens is 1. The summed E-state index contributed by atoms with van der Waals surface area (Å²) in [6, 6.07) is 12.3. The molecule has 0 radical (unpaired) electrons. The quantitative estimate of drug-likeness (QED) is 0.175. The van der Waals surface area contributed by atoms with E-state index in [2.05, 4.69) is 15.0 Å². The second kappa shape index (κ2) is 12.0. The summed E-state index contributed by atoms with van der Waals surface area (Å²) in [6.07, 6.45) is -8.20. The van der Waals surface area contributed by atoms with Gasteiger partial charge in [0.05, 0.1) is 27.2 Å². The van der Waals surface area contributed by atoms with Crippen LogP contribution in [0.2, 0.25) is 0 Å². The predicted octanol–water partition coefficient (Wildman–Crippen LogP) is 2.37. The number of nitrogens with zero attached hydrogens (tertiary/aromatic N) is 3. The van der Waals surface area contributed by atoms with Crippen molar-refractivity contribution in [1.82, 2.24) is 19.5 Å². The Labute approximate surface area is 247 Å². The fourth-order valence-corrected chi connectivity index (χ4v) is 6.24. The van der Waals surface area contributed by atoms with Gasteiger partial charge in [0.2, 0.25) is 5.95 Å². The summed E-state index contributed by atoms with van der Waals surface area (Å²) in [5.74, 6) is 1.09. The number of aromatic nitrogens is 4. The Balaban J connectivity index is 1.46. The van der Waals surface area contributed by atoms with Crippen LogP contribution in [0.3, 0.4) is 0 Å². The van der Waals surface area contributed by atoms with Gasteiger partial charge in [0.1, 0.15) is 35.2 Å². The standard InChI is InChI=1S/C25H26F2N5O9PS/c1-36-13-3-7-15(8-4-13)40-42(43,41-16-9-5-14(37-2)6-10-16)38-11-25(23(26)27)19(34)18(33)22(39-25)32-12-29-17-20(32)30-24(28)31-21(17)35/h3-10,12,18-19,22-23,33-34H,11H2,1-2H3,(H3,28,30,31,35)/t18?,19?,22-,25-/m1/s1. The molecule has 0 bridgehead atoms. The van der Waals surface area contributed by atoms with Gasteiger partial charge in [0.25, 0.3) is 12.0 Å². The third-order valence-corrected chi connectivity index (χ3v) is 8.63. The maximum Gasteiger partial charge on any atom is 0.435 e. The van der Waals surface area contributed by atoms with Gasteiger partial charge in [-0.25, -0.2) is 13.8 Å². The molecule has 4 aromatic rings. The molecule has 1 aliphatic heterocycles. The van der Waals surface area contributed by atoms with Crippen LogP contribution in [0.4, 0.5) is 14.7 Å². The average Bonchev–Trinajstić information content (AvgIpc) is 3.52. The highest BCUT2D eigenvalue weighted by atomic mass is 32.5. The summed E-state index contributed by atoms with van der Waals surface area (Å²) >= 11 is 5.59. The molecule has 1 aliphatic rings. The Kier molecular flexibility index (Phi) is 8.56. The lowest BCUT2D eigenvalue weighted by Crippen LogP contribution is -2.52. The van der Waals surface area contributed by atoms with Crippen LogP contribution in [0.15, 0.2) is 59.7 Å². The van der Waals surface area contributed by atoms with Crippen molar-refractivity contribution in [3.05, 3.63) is 65.2 Å². The smallest absolute Gasteiger partial charge is 0.435 e. The summed E-state index contributed by atoms with van der Waals surface area (Å²) in [6.45, 7) is -5.05. The van der Waals surface area contributed by atoms with E-state index in [0.29, 0.717) is 11.5 Å². The molecule has 1 fully saturated rings. The zero-order chi connectivity index (χ0) is 30.9. The largest absolute Gasteiger partial charge is 0.497 e. The first-order valence-electron chi connectivity index (χ1n) is 12.4. The topological polar surface area (TPSA) is 185 Å². The minimum absolute atomic E-state index is 0.167. The Morgan fingerprint density at radius 2 is 1.60 bits per heavy atom. The number of benzene rings is 2. The van der Waals surface area contributed by atoms with Gasteiger partial charge in [-0.05, 0) is 48.5 Å². The van der Waals surface area contributed by atoms with Crippen molar-refractivity contribution in [1.29, 1.82) is 0 Å². The summed E-state index contributed by atoms with van der Waals surface area (Å²) < 4.78 is 63.9. The van der Waals surface area contributed by atoms with Crippen LogP contribution >= 0.6 is 6.72 Å². The lowest BCUT2D eigenvalue weighted by atomic mass is 9.96. The lowest BCUT2D eigenvalue weighted by molar-refractivity contribution is -0.191. The molecular formula is C25H26F2N5O9PS. The number of anilines is 1. The fraction of sp³-hybridized carbons (Fsp3) is 0.320. The highest BCUT2D eigenvalue weighted by molar-refractivity contribution is 8.07. The number of methoxy groups -OCH3 is 2. The molecule has 0 amide bonds. The number of alkyl halides is 2. The maximum absolute atomic E-state index is 14.7. The number of ether oxygens (including phenoxy) is 3. The minimum Gasteiger partial charge on any atom is -0.497 e. The highest BCUT2D eigenvalue weighted by Crippen LogP contribution is 2.53. The number of aliphatic hydroxyl groups is 2. The number of rotatable bonds is 11. The van der Waals surface area contributed by atoms with Crippen LogP contribution in [-0.2, 0) is 21.1 Å². The summed E-state index contributed by atoms with van der Waals surface area (Å²) in [4.78, 5) is 22.3. The molecule has 230 valence electrons. The van der Waals surface area contributed by atoms with Crippen molar-refractivity contribution >= 4 is 35.6 Å². The van der Waals surface area contributed by atoms with Gasteiger partial charge in [-0.3, -0.25) is 18.9 Å². The monoisotopic (exact) mass is 641 g/mol. The maximum atomic E-state index is 14.7. The number of hydrogen-bond acceptors (Lipinski definition) is 13. The first-order chi connectivity index (χ1) is 20.5. The van der Waals surface area contributed by atoms with E-state index >= 15 is 0 Å². The van der Waals surface area contributed by atoms with Crippen molar-refractivity contribution in [2.24, 2.45) is 0 Å².